The number of piperazine rings is 1. The SMILES string of the molecule is C=C(F)C(=O)N1CCN(c2nc(NCCC(=O)N(C)C)nc3c2CN(C)C(c2c(C)ccc4[nH]ncc24)C3)CC1OCC#N. The Kier molecular flexibility index (Phi) is 9.07. The molecule has 1 saturated heterocycles. The van der Waals surface area contributed by atoms with Crippen LogP contribution < -0.4 is 10.2 Å². The minimum Gasteiger partial charge on any atom is -0.354 e. The molecule has 232 valence electrons. The number of ether oxygens (including phenoxy) is 1. The molecule has 2 amide bonds. The lowest BCUT2D eigenvalue weighted by Crippen LogP contribution is -2.57. The van der Waals surface area contributed by atoms with Gasteiger partial charge in [0.15, 0.2) is 12.1 Å². The number of nitrogens with one attached hydrogen (secondary N) is 2. The molecule has 2 atom stereocenters. The molecule has 2 unspecified atom stereocenters. The number of rotatable bonds is 9. The molecule has 13 nitrogen and oxygen atoms in total. The molecule has 0 bridgehead atoms. The van der Waals surface area contributed by atoms with Gasteiger partial charge in [-0.2, -0.15) is 15.3 Å². The maximum Gasteiger partial charge on any atom is 0.284 e. The minimum absolute atomic E-state index is 0.0197. The third kappa shape index (κ3) is 6.20. The molecule has 14 heteroatoms. The Balaban J connectivity index is 1.51. The molecule has 0 radical (unpaired) electrons. The smallest absolute Gasteiger partial charge is 0.284 e. The normalized spacial score (nSPS) is 18.5. The largest absolute Gasteiger partial charge is 0.354 e. The summed E-state index contributed by atoms with van der Waals surface area (Å²) in [7, 11) is 5.49. The Hall–Kier alpha value is -4.61. The van der Waals surface area contributed by atoms with Crippen molar-refractivity contribution in [1.29, 1.82) is 5.26 Å². The van der Waals surface area contributed by atoms with Crippen LogP contribution in [0.15, 0.2) is 30.7 Å². The summed E-state index contributed by atoms with van der Waals surface area (Å²) in [6.45, 7) is 6.55. The molecule has 2 aliphatic rings. The second kappa shape index (κ2) is 12.9. The van der Waals surface area contributed by atoms with Gasteiger partial charge in [-0.3, -0.25) is 19.6 Å². The van der Waals surface area contributed by atoms with E-state index in [0.717, 1.165) is 27.7 Å². The Morgan fingerprint density at radius 2 is 2.09 bits per heavy atom. The van der Waals surface area contributed by atoms with Crippen LogP contribution in [0.4, 0.5) is 16.2 Å². The van der Waals surface area contributed by atoms with Gasteiger partial charge in [0.2, 0.25) is 11.9 Å². The summed E-state index contributed by atoms with van der Waals surface area (Å²) >= 11 is 0. The monoisotopic (exact) mass is 604 g/mol. The van der Waals surface area contributed by atoms with Gasteiger partial charge in [-0.25, -0.2) is 9.37 Å². The number of anilines is 2. The molecule has 44 heavy (non-hydrogen) atoms. The maximum absolute atomic E-state index is 13.8. The zero-order valence-electron chi connectivity index (χ0n) is 25.4. The molecular formula is C30H37FN10O3. The van der Waals surface area contributed by atoms with Gasteiger partial charge < -0.3 is 24.8 Å². The third-order valence-electron chi connectivity index (χ3n) is 8.20. The molecule has 2 aromatic heterocycles. The molecule has 3 aromatic rings. The van der Waals surface area contributed by atoms with Crippen LogP contribution in [0.3, 0.4) is 0 Å². The van der Waals surface area contributed by atoms with Crippen LogP contribution in [-0.2, 0) is 27.3 Å². The zero-order chi connectivity index (χ0) is 31.5. The van der Waals surface area contributed by atoms with Gasteiger partial charge in [0.25, 0.3) is 5.91 Å². The molecule has 5 rings (SSSR count). The summed E-state index contributed by atoms with van der Waals surface area (Å²) in [6.07, 6.45) is 1.86. The number of likely N-dealkylation sites (N-methyl/N-ethyl adjacent to an activating group) is 1. The van der Waals surface area contributed by atoms with Crippen LogP contribution in [0.5, 0.6) is 0 Å². The van der Waals surface area contributed by atoms with Crippen molar-refractivity contribution >= 4 is 34.5 Å². The molecule has 0 saturated carbocycles. The van der Waals surface area contributed by atoms with E-state index in [1.807, 2.05) is 23.2 Å². The van der Waals surface area contributed by atoms with Gasteiger partial charge in [0.1, 0.15) is 12.4 Å². The van der Waals surface area contributed by atoms with Gasteiger partial charge >= 0.3 is 0 Å². The van der Waals surface area contributed by atoms with Gasteiger partial charge in [0, 0.05) is 70.1 Å². The predicted molar refractivity (Wildman–Crippen MR) is 162 cm³/mol. The number of fused-ring (bicyclic) bond motifs is 2. The van der Waals surface area contributed by atoms with Crippen LogP contribution in [0.25, 0.3) is 10.9 Å². The highest BCUT2D eigenvalue weighted by molar-refractivity contribution is 5.91. The molecule has 2 aliphatic heterocycles. The van der Waals surface area contributed by atoms with Crippen molar-refractivity contribution in [3.8, 4) is 6.07 Å². The highest BCUT2D eigenvalue weighted by Crippen LogP contribution is 2.39. The van der Waals surface area contributed by atoms with Crippen LogP contribution in [-0.4, -0.2) is 107 Å². The molecular weight excluding hydrogens is 567 g/mol. The molecule has 1 fully saturated rings. The number of carbonyl (C=O) groups is 2. The fourth-order valence-electron chi connectivity index (χ4n) is 5.91. The standard InChI is InChI=1S/C30H37FN10O3/c1-18-6-7-22-20(15-34-37-22)27(18)24-14-23-21(16-39(24)5)28(36-30(35-23)33-10-8-25(42)38(3)4)40-11-12-41(29(43)19(2)31)26(17-40)44-13-9-32/h6-7,15,24,26H,2,8,10-14,16-17H2,1,3-5H3,(H,34,37)(H,33,35,36). The lowest BCUT2D eigenvalue weighted by molar-refractivity contribution is -0.143. The fourth-order valence-corrected chi connectivity index (χ4v) is 5.91. The van der Waals surface area contributed by atoms with Crippen molar-refractivity contribution < 1.29 is 18.7 Å². The number of nitrogens with zero attached hydrogens (tertiary/aromatic N) is 8. The highest BCUT2D eigenvalue weighted by Gasteiger charge is 2.37. The molecule has 0 aliphatic carbocycles. The van der Waals surface area contributed by atoms with Gasteiger partial charge in [-0.1, -0.05) is 12.6 Å². The second-order valence-electron chi connectivity index (χ2n) is 11.3. The number of halogens is 1. The van der Waals surface area contributed by atoms with Crippen molar-refractivity contribution in [2.75, 3.05) is 64.1 Å². The lowest BCUT2D eigenvalue weighted by Gasteiger charge is -2.43. The lowest BCUT2D eigenvalue weighted by atomic mass is 9.89. The number of aryl methyl sites for hydroxylation is 1. The van der Waals surface area contributed by atoms with E-state index in [0.29, 0.717) is 37.8 Å². The number of benzene rings is 1. The van der Waals surface area contributed by atoms with Crippen molar-refractivity contribution in [3.63, 3.8) is 0 Å². The number of nitriles is 1. The van der Waals surface area contributed by atoms with E-state index in [2.05, 4.69) is 47.0 Å². The van der Waals surface area contributed by atoms with E-state index >= 15 is 0 Å². The number of aromatic nitrogens is 4. The summed E-state index contributed by atoms with van der Waals surface area (Å²) < 4.78 is 19.5. The average molecular weight is 605 g/mol. The minimum atomic E-state index is -1.09. The van der Waals surface area contributed by atoms with E-state index in [4.69, 9.17) is 20.0 Å². The highest BCUT2D eigenvalue weighted by atomic mass is 19.1. The number of hydrogen-bond acceptors (Lipinski definition) is 10. The molecule has 1 aromatic carbocycles. The maximum atomic E-state index is 13.8. The predicted octanol–water partition coefficient (Wildman–Crippen LogP) is 2.28. The summed E-state index contributed by atoms with van der Waals surface area (Å²) in [5.74, 6) is -0.920. The van der Waals surface area contributed by atoms with E-state index in [-0.39, 0.29) is 38.1 Å². The Morgan fingerprint density at radius 1 is 1.30 bits per heavy atom. The van der Waals surface area contributed by atoms with Crippen LogP contribution >= 0.6 is 0 Å². The van der Waals surface area contributed by atoms with E-state index in [9.17, 15) is 14.0 Å². The molecule has 4 heterocycles. The third-order valence-corrected chi connectivity index (χ3v) is 8.20. The van der Waals surface area contributed by atoms with Crippen molar-refractivity contribution in [2.24, 2.45) is 0 Å². The summed E-state index contributed by atoms with van der Waals surface area (Å²) in [4.78, 5) is 41.6. The summed E-state index contributed by atoms with van der Waals surface area (Å²) in [6, 6.07) is 6.07. The Bertz CT molecular complexity index is 1620. The zero-order valence-corrected chi connectivity index (χ0v) is 25.4. The summed E-state index contributed by atoms with van der Waals surface area (Å²) in [5, 5.41) is 20.8. The summed E-state index contributed by atoms with van der Waals surface area (Å²) in [5.41, 5.74) is 5.10. The van der Waals surface area contributed by atoms with E-state index in [1.54, 1.807) is 14.1 Å². The quantitative estimate of drug-likeness (QED) is 0.349. The Morgan fingerprint density at radius 3 is 2.82 bits per heavy atom. The number of carbonyl (C=O) groups excluding carboxylic acids is 2. The van der Waals surface area contributed by atoms with Gasteiger partial charge in [-0.05, 0) is 31.2 Å². The molecule has 0 spiro atoms. The first kappa shape index (κ1) is 30.8. The van der Waals surface area contributed by atoms with Crippen molar-refractivity contribution in [1.82, 2.24) is 34.9 Å². The van der Waals surface area contributed by atoms with E-state index in [1.165, 1.54) is 15.4 Å². The first-order chi connectivity index (χ1) is 21.1. The number of hydrogen-bond donors (Lipinski definition) is 2. The number of amides is 2. The van der Waals surface area contributed by atoms with Crippen molar-refractivity contribution in [2.45, 2.75) is 38.6 Å². The number of aromatic amines is 1. The van der Waals surface area contributed by atoms with Gasteiger partial charge in [0.05, 0.1) is 30.0 Å². The van der Waals surface area contributed by atoms with Crippen LogP contribution in [0.1, 0.15) is 34.8 Å². The topological polar surface area (TPSA) is 147 Å². The number of H-pyrrole nitrogens is 1. The first-order valence-corrected chi connectivity index (χ1v) is 14.4. The average Bonchev–Trinajstić information content (AvgIpc) is 3.48. The van der Waals surface area contributed by atoms with Gasteiger partial charge in [-0.15, -0.1) is 0 Å². The fraction of sp³-hybridized carbons (Fsp3) is 0.467. The van der Waals surface area contributed by atoms with Crippen LogP contribution in [0, 0.1) is 18.3 Å². The Labute approximate surface area is 255 Å². The second-order valence-corrected chi connectivity index (χ2v) is 11.3. The molecule has 2 N–H and O–H groups in total. The van der Waals surface area contributed by atoms with Crippen LogP contribution in [0.2, 0.25) is 0 Å². The first-order valence-electron chi connectivity index (χ1n) is 14.4. The van der Waals surface area contributed by atoms with E-state index < -0.39 is 18.0 Å². The van der Waals surface area contributed by atoms with Crippen molar-refractivity contribution in [3.05, 3.63) is 53.1 Å².